The summed E-state index contributed by atoms with van der Waals surface area (Å²) < 4.78 is 5.82. The van der Waals surface area contributed by atoms with Gasteiger partial charge in [-0.3, -0.25) is 0 Å². The Labute approximate surface area is 112 Å². The lowest BCUT2D eigenvalue weighted by molar-refractivity contribution is 0.395. The van der Waals surface area contributed by atoms with Crippen LogP contribution in [0.3, 0.4) is 0 Å². The molecular formula is C16H29NO. The Morgan fingerprint density at radius 1 is 0.944 bits per heavy atom. The number of aromatic nitrogens is 1. The molecule has 0 aliphatic rings. The zero-order chi connectivity index (χ0) is 13.4. The summed E-state index contributed by atoms with van der Waals surface area (Å²) >= 11 is 0. The van der Waals surface area contributed by atoms with Crippen molar-refractivity contribution in [1.82, 2.24) is 4.98 Å². The molecule has 1 aromatic heterocycles. The molecular weight excluding hydrogens is 222 g/mol. The van der Waals surface area contributed by atoms with Gasteiger partial charge in [0.15, 0.2) is 5.89 Å². The van der Waals surface area contributed by atoms with Gasteiger partial charge in [0, 0.05) is 12.8 Å². The Morgan fingerprint density at radius 3 is 2.17 bits per heavy atom. The molecule has 1 unspecified atom stereocenters. The zero-order valence-electron chi connectivity index (χ0n) is 12.6. The topological polar surface area (TPSA) is 26.0 Å². The van der Waals surface area contributed by atoms with Crippen molar-refractivity contribution < 1.29 is 4.42 Å². The van der Waals surface area contributed by atoms with E-state index in [9.17, 15) is 0 Å². The Bertz CT molecular complexity index is 330. The third-order valence-corrected chi connectivity index (χ3v) is 3.62. The summed E-state index contributed by atoms with van der Waals surface area (Å²) in [6.45, 7) is 8.55. The van der Waals surface area contributed by atoms with E-state index in [0.717, 1.165) is 17.3 Å². The van der Waals surface area contributed by atoms with E-state index in [-0.39, 0.29) is 0 Å². The number of hydrogen-bond acceptors (Lipinski definition) is 2. The largest absolute Gasteiger partial charge is 0.445 e. The molecule has 0 aromatic carbocycles. The van der Waals surface area contributed by atoms with Crippen LogP contribution in [0.5, 0.6) is 0 Å². The van der Waals surface area contributed by atoms with Crippen LogP contribution in [0, 0.1) is 13.8 Å². The number of hydrogen-bond donors (Lipinski definition) is 0. The number of rotatable bonds is 9. The summed E-state index contributed by atoms with van der Waals surface area (Å²) in [4.78, 5) is 4.42. The second-order valence-electron chi connectivity index (χ2n) is 5.37. The fourth-order valence-corrected chi connectivity index (χ4v) is 2.60. The lowest BCUT2D eigenvalue weighted by Gasteiger charge is -2.14. The summed E-state index contributed by atoms with van der Waals surface area (Å²) in [5, 5.41) is 0. The summed E-state index contributed by atoms with van der Waals surface area (Å²) in [5.41, 5.74) is 1.10. The van der Waals surface area contributed by atoms with Crippen molar-refractivity contribution >= 4 is 0 Å². The van der Waals surface area contributed by atoms with Gasteiger partial charge in [0.2, 0.25) is 0 Å². The van der Waals surface area contributed by atoms with Gasteiger partial charge in [-0.25, -0.2) is 4.98 Å². The van der Waals surface area contributed by atoms with Crippen molar-refractivity contribution in [2.75, 3.05) is 0 Å². The van der Waals surface area contributed by atoms with E-state index in [1.54, 1.807) is 0 Å². The average molecular weight is 251 g/mol. The fourth-order valence-electron chi connectivity index (χ4n) is 2.60. The number of unbranched alkanes of at least 4 members (excludes halogenated alkanes) is 4. The van der Waals surface area contributed by atoms with Gasteiger partial charge in [-0.2, -0.15) is 0 Å². The maximum atomic E-state index is 5.82. The van der Waals surface area contributed by atoms with Gasteiger partial charge in [0.25, 0.3) is 0 Å². The standard InChI is InChI=1S/C16H29NO/c1-5-7-9-10-12-15(11-8-6-2)16-13(3)17-14(4)18-16/h15H,5-12H2,1-4H3. The maximum Gasteiger partial charge on any atom is 0.191 e. The molecule has 0 radical (unpaired) electrons. The van der Waals surface area contributed by atoms with E-state index in [1.165, 1.54) is 51.4 Å². The molecule has 0 spiro atoms. The van der Waals surface area contributed by atoms with Crippen molar-refractivity contribution in [3.63, 3.8) is 0 Å². The highest BCUT2D eigenvalue weighted by molar-refractivity contribution is 5.12. The van der Waals surface area contributed by atoms with Gasteiger partial charge < -0.3 is 4.42 Å². The summed E-state index contributed by atoms with van der Waals surface area (Å²) in [5.74, 6) is 2.55. The highest BCUT2D eigenvalue weighted by atomic mass is 16.4. The Balaban J connectivity index is 2.56. The molecule has 0 N–H and O–H groups in total. The van der Waals surface area contributed by atoms with Gasteiger partial charge in [0.1, 0.15) is 5.76 Å². The minimum absolute atomic E-state index is 0.586. The maximum absolute atomic E-state index is 5.82. The van der Waals surface area contributed by atoms with Crippen LogP contribution in [-0.2, 0) is 0 Å². The van der Waals surface area contributed by atoms with Crippen molar-refractivity contribution in [1.29, 1.82) is 0 Å². The van der Waals surface area contributed by atoms with E-state index in [1.807, 2.05) is 6.92 Å². The fraction of sp³-hybridized carbons (Fsp3) is 0.812. The second-order valence-corrected chi connectivity index (χ2v) is 5.37. The van der Waals surface area contributed by atoms with Crippen molar-refractivity contribution in [2.24, 2.45) is 0 Å². The van der Waals surface area contributed by atoms with Crippen molar-refractivity contribution in [3.05, 3.63) is 17.3 Å². The third kappa shape index (κ3) is 4.83. The molecule has 0 saturated heterocycles. The van der Waals surface area contributed by atoms with E-state index >= 15 is 0 Å². The van der Waals surface area contributed by atoms with Crippen LogP contribution in [0.2, 0.25) is 0 Å². The lowest BCUT2D eigenvalue weighted by atomic mass is 9.92. The number of aryl methyl sites for hydroxylation is 2. The molecule has 2 nitrogen and oxygen atoms in total. The van der Waals surface area contributed by atoms with Crippen molar-refractivity contribution in [2.45, 2.75) is 85.0 Å². The van der Waals surface area contributed by atoms with Gasteiger partial charge >= 0.3 is 0 Å². The quantitative estimate of drug-likeness (QED) is 0.539. The lowest BCUT2D eigenvalue weighted by Crippen LogP contribution is -2.00. The van der Waals surface area contributed by atoms with Crippen LogP contribution in [-0.4, -0.2) is 4.98 Å². The van der Waals surface area contributed by atoms with Crippen LogP contribution in [0.4, 0.5) is 0 Å². The third-order valence-electron chi connectivity index (χ3n) is 3.62. The summed E-state index contributed by atoms with van der Waals surface area (Å²) in [6.07, 6.45) is 10.4. The van der Waals surface area contributed by atoms with E-state index in [0.29, 0.717) is 5.92 Å². The van der Waals surface area contributed by atoms with Crippen molar-refractivity contribution in [3.8, 4) is 0 Å². The molecule has 1 aromatic rings. The smallest absolute Gasteiger partial charge is 0.191 e. The highest BCUT2D eigenvalue weighted by Gasteiger charge is 2.18. The molecule has 1 atom stereocenters. The van der Waals surface area contributed by atoms with Gasteiger partial charge in [-0.15, -0.1) is 0 Å². The molecule has 0 amide bonds. The molecule has 0 aliphatic heterocycles. The Hall–Kier alpha value is -0.790. The first-order valence-corrected chi connectivity index (χ1v) is 7.62. The van der Waals surface area contributed by atoms with E-state index < -0.39 is 0 Å². The molecule has 1 heterocycles. The van der Waals surface area contributed by atoms with E-state index in [2.05, 4.69) is 25.8 Å². The Kier molecular flexibility index (Phi) is 7.07. The van der Waals surface area contributed by atoms with E-state index in [4.69, 9.17) is 4.42 Å². The predicted molar refractivity (Wildman–Crippen MR) is 77.0 cm³/mol. The van der Waals surface area contributed by atoms with Crippen LogP contribution in [0.25, 0.3) is 0 Å². The molecule has 0 saturated carbocycles. The minimum atomic E-state index is 0.586. The Morgan fingerprint density at radius 2 is 1.61 bits per heavy atom. The SMILES string of the molecule is CCCCCCC(CCCC)c1oc(C)nc1C. The molecule has 1 rings (SSSR count). The van der Waals surface area contributed by atoms with Gasteiger partial charge in [-0.05, 0) is 19.8 Å². The van der Waals surface area contributed by atoms with Crippen LogP contribution >= 0.6 is 0 Å². The first-order valence-electron chi connectivity index (χ1n) is 7.62. The summed E-state index contributed by atoms with van der Waals surface area (Å²) in [7, 11) is 0. The van der Waals surface area contributed by atoms with Crippen LogP contribution in [0.15, 0.2) is 4.42 Å². The highest BCUT2D eigenvalue weighted by Crippen LogP contribution is 2.30. The first kappa shape index (κ1) is 15.3. The van der Waals surface area contributed by atoms with Gasteiger partial charge in [0.05, 0.1) is 5.69 Å². The minimum Gasteiger partial charge on any atom is -0.445 e. The molecule has 2 heteroatoms. The number of oxazole rings is 1. The monoisotopic (exact) mass is 251 g/mol. The molecule has 104 valence electrons. The zero-order valence-corrected chi connectivity index (χ0v) is 12.6. The first-order chi connectivity index (χ1) is 8.69. The molecule has 0 aliphatic carbocycles. The van der Waals surface area contributed by atoms with Gasteiger partial charge in [-0.1, -0.05) is 52.4 Å². The normalized spacial score (nSPS) is 12.9. The summed E-state index contributed by atoms with van der Waals surface area (Å²) in [6, 6.07) is 0. The molecule has 0 fully saturated rings. The van der Waals surface area contributed by atoms with Crippen LogP contribution < -0.4 is 0 Å². The van der Waals surface area contributed by atoms with Crippen LogP contribution in [0.1, 0.15) is 88.5 Å². The predicted octanol–water partition coefficient (Wildman–Crippen LogP) is 5.54. The molecule has 18 heavy (non-hydrogen) atoms. The number of nitrogens with zero attached hydrogens (tertiary/aromatic N) is 1. The molecule has 0 bridgehead atoms. The average Bonchev–Trinajstić information content (AvgIpc) is 2.68. The second kappa shape index (κ2) is 8.34.